The molecule has 0 saturated heterocycles. The van der Waals surface area contributed by atoms with E-state index in [1.165, 1.54) is 47.1 Å². The van der Waals surface area contributed by atoms with Gasteiger partial charge in [-0.2, -0.15) is 0 Å². The Bertz CT molecular complexity index is 577. The quantitative estimate of drug-likeness (QED) is 0.756. The maximum Gasteiger partial charge on any atom is 0.0636 e. The van der Waals surface area contributed by atoms with Crippen LogP contribution in [0.1, 0.15) is 37.0 Å². The van der Waals surface area contributed by atoms with E-state index in [4.69, 9.17) is 16.3 Å². The smallest absolute Gasteiger partial charge is 0.0636 e. The molecule has 4 heteroatoms. The third kappa shape index (κ3) is 3.98. The fraction of sp³-hybridized carbons (Fsp3) is 0.529. The molecule has 1 aliphatic carbocycles. The number of benzene rings is 1. The van der Waals surface area contributed by atoms with Gasteiger partial charge in [0.2, 0.25) is 0 Å². The third-order valence-corrected chi connectivity index (χ3v) is 5.79. The summed E-state index contributed by atoms with van der Waals surface area (Å²) in [4.78, 5) is 1.22. The van der Waals surface area contributed by atoms with Crippen LogP contribution in [0.2, 0.25) is 5.02 Å². The number of thiophene rings is 1. The fourth-order valence-electron chi connectivity index (χ4n) is 2.91. The Morgan fingerprint density at radius 3 is 2.81 bits per heavy atom. The molecule has 1 fully saturated rings. The van der Waals surface area contributed by atoms with Crippen molar-refractivity contribution in [1.82, 2.24) is 5.32 Å². The maximum atomic E-state index is 6.43. The number of ether oxygens (including phenoxy) is 1. The van der Waals surface area contributed by atoms with Gasteiger partial charge in [-0.05, 0) is 18.9 Å². The topological polar surface area (TPSA) is 21.3 Å². The summed E-state index contributed by atoms with van der Waals surface area (Å²) in [6, 6.07) is 8.31. The van der Waals surface area contributed by atoms with E-state index < -0.39 is 0 Å². The highest BCUT2D eigenvalue weighted by Gasteiger charge is 2.13. The summed E-state index contributed by atoms with van der Waals surface area (Å²) >= 11 is 8.21. The van der Waals surface area contributed by atoms with Gasteiger partial charge in [-0.1, -0.05) is 49.1 Å². The predicted molar refractivity (Wildman–Crippen MR) is 91.4 cm³/mol. The molecule has 1 saturated carbocycles. The molecule has 21 heavy (non-hydrogen) atoms. The Balaban J connectivity index is 1.43. The van der Waals surface area contributed by atoms with Crippen LogP contribution in [-0.4, -0.2) is 19.3 Å². The van der Waals surface area contributed by atoms with E-state index in [0.717, 1.165) is 24.7 Å². The van der Waals surface area contributed by atoms with Gasteiger partial charge in [0.15, 0.2) is 0 Å². The molecule has 0 unspecified atom stereocenters. The molecular weight excluding hydrogens is 302 g/mol. The highest BCUT2D eigenvalue weighted by atomic mass is 35.5. The van der Waals surface area contributed by atoms with Gasteiger partial charge in [0.05, 0.1) is 17.7 Å². The molecule has 0 amide bonds. The summed E-state index contributed by atoms with van der Waals surface area (Å²) in [6.45, 7) is 2.51. The summed E-state index contributed by atoms with van der Waals surface area (Å²) in [5, 5.41) is 5.51. The minimum Gasteiger partial charge on any atom is -0.377 e. The molecular formula is C17H22ClNOS. The van der Waals surface area contributed by atoms with Gasteiger partial charge in [-0.3, -0.25) is 0 Å². The minimum absolute atomic E-state index is 0.494. The molecule has 1 heterocycles. The van der Waals surface area contributed by atoms with Crippen molar-refractivity contribution >= 4 is 33.0 Å². The zero-order valence-electron chi connectivity index (χ0n) is 12.2. The van der Waals surface area contributed by atoms with Gasteiger partial charge in [-0.25, -0.2) is 0 Å². The van der Waals surface area contributed by atoms with E-state index in [-0.39, 0.29) is 0 Å². The lowest BCUT2D eigenvalue weighted by Gasteiger charge is -2.21. The molecule has 1 N–H and O–H groups in total. The normalized spacial score (nSPS) is 16.6. The second-order valence-corrected chi connectivity index (χ2v) is 7.16. The van der Waals surface area contributed by atoms with Gasteiger partial charge in [0, 0.05) is 28.1 Å². The first kappa shape index (κ1) is 15.3. The molecule has 114 valence electrons. The van der Waals surface area contributed by atoms with Gasteiger partial charge in [0.25, 0.3) is 0 Å². The molecule has 0 atom stereocenters. The van der Waals surface area contributed by atoms with Crippen molar-refractivity contribution in [3.05, 3.63) is 34.2 Å². The first-order valence-corrected chi connectivity index (χ1v) is 9.02. The van der Waals surface area contributed by atoms with Crippen LogP contribution in [0.4, 0.5) is 0 Å². The summed E-state index contributed by atoms with van der Waals surface area (Å²) < 4.78 is 7.18. The lowest BCUT2D eigenvalue weighted by Crippen LogP contribution is -2.24. The summed E-state index contributed by atoms with van der Waals surface area (Å²) in [7, 11) is 0. The highest BCUT2D eigenvalue weighted by Crippen LogP contribution is 2.34. The number of rotatable bonds is 6. The van der Waals surface area contributed by atoms with Gasteiger partial charge in [0.1, 0.15) is 0 Å². The Kier molecular flexibility index (Phi) is 5.53. The van der Waals surface area contributed by atoms with Crippen LogP contribution in [-0.2, 0) is 11.3 Å². The zero-order valence-corrected chi connectivity index (χ0v) is 13.8. The number of fused-ring (bicyclic) bond motifs is 1. The zero-order chi connectivity index (χ0) is 14.5. The van der Waals surface area contributed by atoms with E-state index in [0.29, 0.717) is 6.10 Å². The lowest BCUT2D eigenvalue weighted by atomic mass is 9.98. The van der Waals surface area contributed by atoms with E-state index in [1.807, 2.05) is 6.07 Å². The van der Waals surface area contributed by atoms with Crippen LogP contribution in [0.3, 0.4) is 0 Å². The van der Waals surface area contributed by atoms with E-state index >= 15 is 0 Å². The summed E-state index contributed by atoms with van der Waals surface area (Å²) in [5.41, 5.74) is 0. The van der Waals surface area contributed by atoms with E-state index in [1.54, 1.807) is 11.3 Å². The maximum absolute atomic E-state index is 6.43. The van der Waals surface area contributed by atoms with Crippen molar-refractivity contribution in [3.63, 3.8) is 0 Å². The average Bonchev–Trinajstić information content (AvgIpc) is 2.85. The van der Waals surface area contributed by atoms with Gasteiger partial charge < -0.3 is 10.1 Å². The summed E-state index contributed by atoms with van der Waals surface area (Å²) in [5.74, 6) is 0. The Hall–Kier alpha value is -0.610. The predicted octanol–water partition coefficient (Wildman–Crippen LogP) is 4.99. The largest absolute Gasteiger partial charge is 0.377 e. The van der Waals surface area contributed by atoms with Crippen molar-refractivity contribution in [1.29, 1.82) is 0 Å². The van der Waals surface area contributed by atoms with Crippen molar-refractivity contribution in [2.24, 2.45) is 0 Å². The summed E-state index contributed by atoms with van der Waals surface area (Å²) in [6.07, 6.45) is 7.01. The molecule has 1 aliphatic rings. The van der Waals surface area contributed by atoms with E-state index in [9.17, 15) is 0 Å². The SMILES string of the molecule is Clc1c(CNCCOC2CCCCC2)sc2ccccc12. The molecule has 0 aliphatic heterocycles. The van der Waals surface area contributed by atoms with Crippen LogP contribution >= 0.6 is 22.9 Å². The molecule has 2 aromatic rings. The molecule has 2 nitrogen and oxygen atoms in total. The van der Waals surface area contributed by atoms with Crippen molar-refractivity contribution in [2.45, 2.75) is 44.8 Å². The van der Waals surface area contributed by atoms with Crippen LogP contribution in [0.25, 0.3) is 10.1 Å². The lowest BCUT2D eigenvalue weighted by molar-refractivity contribution is 0.0302. The Morgan fingerprint density at radius 1 is 1.19 bits per heavy atom. The van der Waals surface area contributed by atoms with Crippen LogP contribution in [0, 0.1) is 0 Å². The van der Waals surface area contributed by atoms with Gasteiger partial charge >= 0.3 is 0 Å². The molecule has 1 aromatic heterocycles. The second kappa shape index (κ2) is 7.59. The van der Waals surface area contributed by atoms with Crippen molar-refractivity contribution in [3.8, 4) is 0 Å². The highest BCUT2D eigenvalue weighted by molar-refractivity contribution is 7.19. The minimum atomic E-state index is 0.494. The first-order chi connectivity index (χ1) is 10.3. The van der Waals surface area contributed by atoms with Crippen LogP contribution in [0.5, 0.6) is 0 Å². The van der Waals surface area contributed by atoms with E-state index in [2.05, 4.69) is 23.5 Å². The number of hydrogen-bond donors (Lipinski definition) is 1. The standard InChI is InChI=1S/C17H22ClNOS/c18-17-14-8-4-5-9-15(14)21-16(17)12-19-10-11-20-13-6-2-1-3-7-13/h4-5,8-9,13,19H,1-3,6-7,10-12H2. The second-order valence-electron chi connectivity index (χ2n) is 5.64. The number of hydrogen-bond acceptors (Lipinski definition) is 3. The van der Waals surface area contributed by atoms with Crippen molar-refractivity contribution < 1.29 is 4.74 Å². The number of nitrogens with one attached hydrogen (secondary N) is 1. The van der Waals surface area contributed by atoms with Crippen molar-refractivity contribution in [2.75, 3.05) is 13.2 Å². The van der Waals surface area contributed by atoms with Crippen LogP contribution < -0.4 is 5.32 Å². The van der Waals surface area contributed by atoms with Crippen LogP contribution in [0.15, 0.2) is 24.3 Å². The number of halogens is 1. The molecule has 0 radical (unpaired) electrons. The molecule has 0 bridgehead atoms. The molecule has 3 rings (SSSR count). The Labute approximate surface area is 135 Å². The Morgan fingerprint density at radius 2 is 2.00 bits per heavy atom. The van der Waals surface area contributed by atoms with Gasteiger partial charge in [-0.15, -0.1) is 11.3 Å². The molecule has 0 spiro atoms. The average molecular weight is 324 g/mol. The first-order valence-electron chi connectivity index (χ1n) is 7.83. The fourth-order valence-corrected chi connectivity index (χ4v) is 4.38. The third-order valence-electron chi connectivity index (χ3n) is 4.07. The molecule has 1 aromatic carbocycles. The monoisotopic (exact) mass is 323 g/mol.